The van der Waals surface area contributed by atoms with E-state index in [1.54, 1.807) is 23.3 Å². The van der Waals surface area contributed by atoms with E-state index in [1.807, 2.05) is 25.1 Å². The van der Waals surface area contributed by atoms with Gasteiger partial charge < -0.3 is 10.2 Å². The lowest BCUT2D eigenvalue weighted by Crippen LogP contribution is -2.34. The molecule has 0 radical (unpaired) electrons. The van der Waals surface area contributed by atoms with E-state index in [4.69, 9.17) is 0 Å². The van der Waals surface area contributed by atoms with Crippen molar-refractivity contribution in [3.05, 3.63) is 36.0 Å². The van der Waals surface area contributed by atoms with Crippen LogP contribution < -0.4 is 5.32 Å². The number of anilines is 1. The van der Waals surface area contributed by atoms with Crippen LogP contribution in [0.1, 0.15) is 30.1 Å². The van der Waals surface area contributed by atoms with Crippen LogP contribution in [0.25, 0.3) is 0 Å². The zero-order valence-electron chi connectivity index (χ0n) is 12.9. The van der Waals surface area contributed by atoms with Crippen LogP contribution in [0.4, 0.5) is 5.82 Å². The number of aromatic nitrogens is 4. The van der Waals surface area contributed by atoms with Crippen LogP contribution in [0.3, 0.4) is 0 Å². The molecule has 0 aliphatic carbocycles. The molecule has 1 fully saturated rings. The number of hydrogen-bond acceptors (Lipinski definition) is 5. The third-order valence-corrected chi connectivity index (χ3v) is 3.88. The number of hydrogen-bond donors (Lipinski definition) is 1. The van der Waals surface area contributed by atoms with Gasteiger partial charge in [0, 0.05) is 19.8 Å². The van der Waals surface area contributed by atoms with Gasteiger partial charge in [-0.3, -0.25) is 14.5 Å². The Bertz CT molecular complexity index is 668. The van der Waals surface area contributed by atoms with Crippen molar-refractivity contribution in [3.8, 4) is 0 Å². The molecule has 0 saturated carbocycles. The zero-order chi connectivity index (χ0) is 15.5. The highest BCUT2D eigenvalue weighted by molar-refractivity contribution is 5.76. The summed E-state index contributed by atoms with van der Waals surface area (Å²) in [4.78, 5) is 23.2. The Kier molecular flexibility index (Phi) is 4.04. The molecule has 1 saturated heterocycles. The first-order valence-corrected chi connectivity index (χ1v) is 7.45. The van der Waals surface area contributed by atoms with Crippen LogP contribution in [0.2, 0.25) is 0 Å². The second-order valence-corrected chi connectivity index (χ2v) is 5.54. The van der Waals surface area contributed by atoms with E-state index in [1.165, 1.54) is 0 Å². The fourth-order valence-corrected chi connectivity index (χ4v) is 2.82. The standard InChI is InChI=1S/C15H20N6O/c1-11-6-18-20(9-11)10-15(22)21-5-3-4-13(21)12-7-17-8-14(16-2)19-12/h6-9,13H,3-5,10H2,1-2H3,(H,16,19)/t13-/m1/s1. The molecule has 0 spiro atoms. The zero-order valence-corrected chi connectivity index (χ0v) is 12.9. The van der Waals surface area contributed by atoms with Crippen LogP contribution in [0, 0.1) is 6.92 Å². The average molecular weight is 300 g/mol. The van der Waals surface area contributed by atoms with Gasteiger partial charge in [-0.25, -0.2) is 4.98 Å². The Labute approximate surface area is 129 Å². The Hall–Kier alpha value is -2.44. The molecule has 0 unspecified atom stereocenters. The summed E-state index contributed by atoms with van der Waals surface area (Å²) in [6, 6.07) is 0.00459. The fraction of sp³-hybridized carbons (Fsp3) is 0.467. The first-order valence-electron chi connectivity index (χ1n) is 7.45. The fourth-order valence-electron chi connectivity index (χ4n) is 2.82. The van der Waals surface area contributed by atoms with Gasteiger partial charge in [-0.15, -0.1) is 0 Å². The molecule has 3 heterocycles. The Morgan fingerprint density at radius 3 is 3.00 bits per heavy atom. The van der Waals surface area contributed by atoms with Crippen LogP contribution in [0.15, 0.2) is 24.8 Å². The number of aryl methyl sites for hydroxylation is 1. The molecule has 1 N–H and O–H groups in total. The molecular weight excluding hydrogens is 280 g/mol. The summed E-state index contributed by atoms with van der Waals surface area (Å²) in [5.41, 5.74) is 1.90. The second kappa shape index (κ2) is 6.13. The summed E-state index contributed by atoms with van der Waals surface area (Å²) in [6.07, 6.45) is 8.97. The molecular formula is C15H20N6O. The van der Waals surface area contributed by atoms with Gasteiger partial charge in [-0.1, -0.05) is 0 Å². The maximum atomic E-state index is 12.6. The molecule has 7 nitrogen and oxygen atoms in total. The molecule has 1 aliphatic rings. The van der Waals surface area contributed by atoms with Crippen molar-refractivity contribution in [3.63, 3.8) is 0 Å². The van der Waals surface area contributed by atoms with Crippen molar-refractivity contribution in [2.75, 3.05) is 18.9 Å². The maximum Gasteiger partial charge on any atom is 0.244 e. The first kappa shape index (κ1) is 14.5. The van der Waals surface area contributed by atoms with Crippen molar-refractivity contribution in [1.29, 1.82) is 0 Å². The normalized spacial score (nSPS) is 17.7. The summed E-state index contributed by atoms with van der Waals surface area (Å²) < 4.78 is 1.68. The van der Waals surface area contributed by atoms with E-state index in [0.717, 1.165) is 36.5 Å². The highest BCUT2D eigenvalue weighted by Crippen LogP contribution is 2.31. The lowest BCUT2D eigenvalue weighted by atomic mass is 10.1. The smallest absolute Gasteiger partial charge is 0.244 e. The van der Waals surface area contributed by atoms with E-state index in [9.17, 15) is 4.79 Å². The van der Waals surface area contributed by atoms with E-state index < -0.39 is 0 Å². The third kappa shape index (κ3) is 2.93. The number of nitrogens with zero attached hydrogens (tertiary/aromatic N) is 5. The van der Waals surface area contributed by atoms with Crippen molar-refractivity contribution in [1.82, 2.24) is 24.6 Å². The van der Waals surface area contributed by atoms with Gasteiger partial charge >= 0.3 is 0 Å². The largest absolute Gasteiger partial charge is 0.372 e. The summed E-state index contributed by atoms with van der Waals surface area (Å²) in [6.45, 7) is 2.99. The van der Waals surface area contributed by atoms with E-state index >= 15 is 0 Å². The molecule has 2 aromatic rings. The number of carbonyl (C=O) groups excluding carboxylic acids is 1. The molecule has 0 bridgehead atoms. The second-order valence-electron chi connectivity index (χ2n) is 5.54. The van der Waals surface area contributed by atoms with Crippen LogP contribution in [0.5, 0.6) is 0 Å². The van der Waals surface area contributed by atoms with E-state index in [-0.39, 0.29) is 18.5 Å². The number of nitrogens with one attached hydrogen (secondary N) is 1. The number of rotatable bonds is 4. The highest BCUT2D eigenvalue weighted by Gasteiger charge is 2.31. The van der Waals surface area contributed by atoms with Crippen LogP contribution in [-0.2, 0) is 11.3 Å². The molecule has 1 aliphatic heterocycles. The molecule has 1 atom stereocenters. The molecule has 3 rings (SSSR count). The predicted octanol–water partition coefficient (Wildman–Crippen LogP) is 1.39. The lowest BCUT2D eigenvalue weighted by molar-refractivity contribution is -0.133. The lowest BCUT2D eigenvalue weighted by Gasteiger charge is -2.24. The van der Waals surface area contributed by atoms with Crippen molar-refractivity contribution in [2.24, 2.45) is 0 Å². The summed E-state index contributed by atoms with van der Waals surface area (Å²) in [5, 5.41) is 7.17. The van der Waals surface area contributed by atoms with Gasteiger partial charge in [0.2, 0.25) is 5.91 Å². The highest BCUT2D eigenvalue weighted by atomic mass is 16.2. The third-order valence-electron chi connectivity index (χ3n) is 3.88. The van der Waals surface area contributed by atoms with Gasteiger partial charge in [-0.05, 0) is 25.3 Å². The van der Waals surface area contributed by atoms with Crippen LogP contribution in [-0.4, -0.2) is 44.1 Å². The summed E-state index contributed by atoms with van der Waals surface area (Å²) >= 11 is 0. The molecule has 1 amide bonds. The predicted molar refractivity (Wildman–Crippen MR) is 82.2 cm³/mol. The van der Waals surface area contributed by atoms with E-state index in [0.29, 0.717) is 0 Å². The van der Waals surface area contributed by atoms with Gasteiger partial charge in [-0.2, -0.15) is 5.10 Å². The first-order chi connectivity index (χ1) is 10.7. The Morgan fingerprint density at radius 2 is 2.27 bits per heavy atom. The molecule has 0 aromatic carbocycles. The summed E-state index contributed by atoms with van der Waals surface area (Å²) in [7, 11) is 1.81. The minimum atomic E-state index is 0.00459. The number of amides is 1. The van der Waals surface area contributed by atoms with E-state index in [2.05, 4.69) is 20.4 Å². The molecule has 116 valence electrons. The minimum absolute atomic E-state index is 0.00459. The van der Waals surface area contributed by atoms with Crippen LogP contribution >= 0.6 is 0 Å². The van der Waals surface area contributed by atoms with Gasteiger partial charge in [0.1, 0.15) is 12.4 Å². The van der Waals surface area contributed by atoms with Crippen molar-refractivity contribution in [2.45, 2.75) is 32.4 Å². The quantitative estimate of drug-likeness (QED) is 0.923. The SMILES string of the molecule is CNc1cncc([C@H]2CCCN2C(=O)Cn2cc(C)cn2)n1. The van der Waals surface area contributed by atoms with Crippen molar-refractivity contribution >= 4 is 11.7 Å². The monoisotopic (exact) mass is 300 g/mol. The average Bonchev–Trinajstić information content (AvgIpc) is 3.16. The van der Waals surface area contributed by atoms with Gasteiger partial charge in [0.25, 0.3) is 0 Å². The molecule has 2 aromatic heterocycles. The van der Waals surface area contributed by atoms with Gasteiger partial charge in [0.05, 0.1) is 30.3 Å². The maximum absolute atomic E-state index is 12.6. The Morgan fingerprint density at radius 1 is 1.41 bits per heavy atom. The molecule has 22 heavy (non-hydrogen) atoms. The number of carbonyl (C=O) groups is 1. The number of likely N-dealkylation sites (tertiary alicyclic amines) is 1. The molecule has 7 heteroatoms. The minimum Gasteiger partial charge on any atom is -0.372 e. The summed E-state index contributed by atoms with van der Waals surface area (Å²) in [5.74, 6) is 0.793. The van der Waals surface area contributed by atoms with Gasteiger partial charge in [0.15, 0.2) is 0 Å². The Balaban J connectivity index is 1.75. The topological polar surface area (TPSA) is 75.9 Å². The van der Waals surface area contributed by atoms with Crippen molar-refractivity contribution < 1.29 is 4.79 Å².